The summed E-state index contributed by atoms with van der Waals surface area (Å²) in [7, 11) is 0. The summed E-state index contributed by atoms with van der Waals surface area (Å²) in [5, 5.41) is 30.9. The molecule has 1 amide bonds. The molecule has 0 aromatic rings. The van der Waals surface area contributed by atoms with Crippen molar-refractivity contribution in [2.75, 3.05) is 19.7 Å². The van der Waals surface area contributed by atoms with E-state index in [2.05, 4.69) is 27.8 Å². The van der Waals surface area contributed by atoms with Gasteiger partial charge in [-0.25, -0.2) is 10.4 Å². The lowest BCUT2D eigenvalue weighted by Gasteiger charge is -2.64. The van der Waals surface area contributed by atoms with Crippen molar-refractivity contribution in [2.45, 2.75) is 95.4 Å². The quantitative estimate of drug-likeness (QED) is 0.218. The molecule has 0 aromatic carbocycles. The number of amides is 1. The molecule has 1 heterocycles. The van der Waals surface area contributed by atoms with E-state index in [1.807, 2.05) is 6.92 Å². The van der Waals surface area contributed by atoms with Crippen molar-refractivity contribution in [1.82, 2.24) is 10.7 Å². The first-order valence-corrected chi connectivity index (χ1v) is 13.6. The number of nitrogens with zero attached hydrogens (tertiary/aromatic N) is 2. The van der Waals surface area contributed by atoms with Gasteiger partial charge in [-0.15, -0.1) is 0 Å². The highest BCUT2D eigenvalue weighted by atomic mass is 16.5. The molecular weight excluding hydrogens is 446 g/mol. The number of carbonyl (C=O) groups excluding carboxylic acids is 1. The first kappa shape index (κ1) is 25.1. The van der Waals surface area contributed by atoms with Crippen LogP contribution >= 0.6 is 0 Å². The SMILES string of the molecule is C[C@]12CC[C@H](OCCCN)C[C@H]1CC[C@@H]1[C@@H]2CC[C@]2(C)[C@@](O)(/C=N/NC3=NCC(=O)N3)CC[C@]12O. The molecular formula is C26H43N5O4. The minimum absolute atomic E-state index is 0.0863. The third-order valence-electron chi connectivity index (χ3n) is 10.8. The molecule has 9 heteroatoms. The van der Waals surface area contributed by atoms with Crippen LogP contribution in [0.5, 0.6) is 0 Å². The van der Waals surface area contributed by atoms with Gasteiger partial charge < -0.3 is 20.7 Å². The van der Waals surface area contributed by atoms with Gasteiger partial charge in [0.1, 0.15) is 12.1 Å². The Morgan fingerprint density at radius 2 is 2.00 bits per heavy atom. The van der Waals surface area contributed by atoms with E-state index < -0.39 is 16.6 Å². The van der Waals surface area contributed by atoms with Crippen molar-refractivity contribution < 1.29 is 19.7 Å². The Hall–Kier alpha value is -1.55. The monoisotopic (exact) mass is 489 g/mol. The molecule has 5 rings (SSSR count). The summed E-state index contributed by atoms with van der Waals surface area (Å²) >= 11 is 0. The zero-order valence-corrected chi connectivity index (χ0v) is 21.3. The molecule has 0 saturated heterocycles. The number of hydrogen-bond acceptors (Lipinski definition) is 8. The van der Waals surface area contributed by atoms with Crippen molar-refractivity contribution in [3.8, 4) is 0 Å². The molecule has 0 unspecified atom stereocenters. The molecule has 5 aliphatic rings. The largest absolute Gasteiger partial charge is 0.389 e. The van der Waals surface area contributed by atoms with Crippen molar-refractivity contribution in [3.63, 3.8) is 0 Å². The smallest absolute Gasteiger partial charge is 0.248 e. The van der Waals surface area contributed by atoms with Crippen molar-refractivity contribution >= 4 is 18.1 Å². The van der Waals surface area contributed by atoms with E-state index in [0.29, 0.717) is 43.3 Å². The fourth-order valence-electron chi connectivity index (χ4n) is 8.56. The van der Waals surface area contributed by atoms with Gasteiger partial charge >= 0.3 is 0 Å². The summed E-state index contributed by atoms with van der Waals surface area (Å²) in [6.45, 7) is 6.02. The van der Waals surface area contributed by atoms with Crippen LogP contribution in [0.25, 0.3) is 0 Å². The van der Waals surface area contributed by atoms with E-state index in [1.165, 1.54) is 6.21 Å². The van der Waals surface area contributed by atoms with Crippen molar-refractivity contribution in [3.05, 3.63) is 0 Å². The van der Waals surface area contributed by atoms with Gasteiger partial charge in [0.25, 0.3) is 0 Å². The predicted octanol–water partition coefficient (Wildman–Crippen LogP) is 1.67. The zero-order valence-electron chi connectivity index (χ0n) is 21.3. The van der Waals surface area contributed by atoms with Gasteiger partial charge in [-0.05, 0) is 93.9 Å². The van der Waals surface area contributed by atoms with Crippen LogP contribution in [-0.4, -0.2) is 65.3 Å². The minimum Gasteiger partial charge on any atom is -0.389 e. The molecule has 9 nitrogen and oxygen atoms in total. The Labute approximate surface area is 208 Å². The predicted molar refractivity (Wildman–Crippen MR) is 134 cm³/mol. The second-order valence-corrected chi connectivity index (χ2v) is 12.2. The van der Waals surface area contributed by atoms with E-state index >= 15 is 0 Å². The van der Waals surface area contributed by atoms with Crippen LogP contribution in [0.2, 0.25) is 0 Å². The summed E-state index contributed by atoms with van der Waals surface area (Å²) in [4.78, 5) is 15.4. The van der Waals surface area contributed by atoms with Crippen LogP contribution in [0.4, 0.5) is 0 Å². The summed E-state index contributed by atoms with van der Waals surface area (Å²) < 4.78 is 6.15. The Balaban J connectivity index is 1.30. The first-order valence-electron chi connectivity index (χ1n) is 13.6. The lowest BCUT2D eigenvalue weighted by atomic mass is 9.43. The normalized spacial score (nSPS) is 47.1. The Morgan fingerprint density at radius 1 is 1.17 bits per heavy atom. The topological polar surface area (TPSA) is 142 Å². The van der Waals surface area contributed by atoms with Crippen molar-refractivity contribution in [2.24, 2.45) is 44.4 Å². The number of nitrogens with one attached hydrogen (secondary N) is 2. The lowest BCUT2D eigenvalue weighted by molar-refractivity contribution is -0.225. The maximum atomic E-state index is 12.3. The van der Waals surface area contributed by atoms with Gasteiger partial charge in [-0.2, -0.15) is 5.10 Å². The van der Waals surface area contributed by atoms with E-state index in [0.717, 1.165) is 58.0 Å². The number of guanidine groups is 1. The lowest BCUT2D eigenvalue weighted by Crippen LogP contribution is -2.65. The number of hydrogen-bond donors (Lipinski definition) is 5. The van der Waals surface area contributed by atoms with Crippen LogP contribution < -0.4 is 16.5 Å². The van der Waals surface area contributed by atoms with Gasteiger partial charge in [0.15, 0.2) is 0 Å². The van der Waals surface area contributed by atoms with E-state index in [9.17, 15) is 15.0 Å². The maximum absolute atomic E-state index is 12.3. The first-order chi connectivity index (χ1) is 16.7. The summed E-state index contributed by atoms with van der Waals surface area (Å²) in [6.07, 6.45) is 11.1. The molecule has 0 bridgehead atoms. The highest BCUT2D eigenvalue weighted by molar-refractivity contribution is 6.02. The molecule has 4 aliphatic carbocycles. The molecule has 4 fully saturated rings. The van der Waals surface area contributed by atoms with Crippen LogP contribution in [0.1, 0.15) is 78.1 Å². The minimum atomic E-state index is -1.21. The number of fused-ring (bicyclic) bond motifs is 5. The number of rotatable bonds is 6. The zero-order chi connectivity index (χ0) is 24.9. The second-order valence-electron chi connectivity index (χ2n) is 12.2. The Kier molecular flexibility index (Phi) is 6.52. The van der Waals surface area contributed by atoms with Gasteiger partial charge in [0.05, 0.1) is 17.9 Å². The van der Waals surface area contributed by atoms with E-state index in [-0.39, 0.29) is 23.8 Å². The molecule has 0 radical (unpaired) electrons. The molecule has 0 spiro atoms. The fourth-order valence-corrected chi connectivity index (χ4v) is 8.56. The number of aliphatic imine (C=N–C) groups is 1. The summed E-state index contributed by atoms with van der Waals surface area (Å²) in [6, 6.07) is 0. The second kappa shape index (κ2) is 9.08. The number of carbonyl (C=O) groups is 1. The van der Waals surface area contributed by atoms with Crippen LogP contribution in [0.3, 0.4) is 0 Å². The standard InChI is InChI=1S/C26H43N5O4/c1-23-8-6-18(35-13-3-12-27)14-17(23)4-5-20-19(23)7-9-24(2)25(33,10-11-26(20,24)34)16-29-31-22-28-15-21(32)30-22/h16-20,33-34H,3-15,27H2,1-2H3,(H2,28,30,31,32)/b29-16+/t17-,18+,19+,20-,23+,24-,25+,26+/m1/s1. The van der Waals surface area contributed by atoms with Crippen molar-refractivity contribution in [1.29, 1.82) is 0 Å². The number of ether oxygens (including phenoxy) is 1. The third-order valence-corrected chi connectivity index (χ3v) is 10.8. The van der Waals surface area contributed by atoms with Gasteiger partial charge in [0, 0.05) is 12.0 Å². The average molecular weight is 490 g/mol. The number of hydrazone groups is 1. The highest BCUT2D eigenvalue weighted by Gasteiger charge is 2.71. The Bertz CT molecular complexity index is 897. The number of aliphatic hydroxyl groups is 2. The molecule has 8 atom stereocenters. The average Bonchev–Trinajstić information content (AvgIpc) is 3.33. The molecule has 6 N–H and O–H groups in total. The molecule has 1 aliphatic heterocycles. The number of nitrogens with two attached hydrogens (primary N) is 1. The van der Waals surface area contributed by atoms with Crippen LogP contribution in [0.15, 0.2) is 10.1 Å². The third kappa shape index (κ3) is 3.93. The van der Waals surface area contributed by atoms with Crippen LogP contribution in [-0.2, 0) is 9.53 Å². The van der Waals surface area contributed by atoms with Gasteiger partial charge in [0.2, 0.25) is 11.9 Å². The molecule has 35 heavy (non-hydrogen) atoms. The van der Waals surface area contributed by atoms with E-state index in [1.54, 1.807) is 0 Å². The molecule has 196 valence electrons. The highest BCUT2D eigenvalue weighted by Crippen LogP contribution is 2.69. The molecule has 0 aromatic heterocycles. The fraction of sp³-hybridized carbons (Fsp3) is 0.885. The van der Waals surface area contributed by atoms with E-state index in [4.69, 9.17) is 10.5 Å². The summed E-state index contributed by atoms with van der Waals surface area (Å²) in [5.74, 6) is 1.39. The Morgan fingerprint density at radius 3 is 2.74 bits per heavy atom. The molecule has 4 saturated carbocycles. The van der Waals surface area contributed by atoms with Gasteiger partial charge in [-0.1, -0.05) is 13.8 Å². The maximum Gasteiger partial charge on any atom is 0.248 e. The van der Waals surface area contributed by atoms with Gasteiger partial charge in [-0.3, -0.25) is 10.1 Å². The summed E-state index contributed by atoms with van der Waals surface area (Å²) in [5.41, 5.74) is 5.79. The van der Waals surface area contributed by atoms with Crippen LogP contribution in [0, 0.1) is 28.6 Å².